The number of pyridine rings is 1. The number of rotatable bonds is 7. The number of hydrogen-bond acceptors (Lipinski definition) is 6. The second kappa shape index (κ2) is 11.6. The van der Waals surface area contributed by atoms with Crippen LogP contribution in [0.25, 0.3) is 0 Å². The van der Waals surface area contributed by atoms with Gasteiger partial charge < -0.3 is 20.3 Å². The summed E-state index contributed by atoms with van der Waals surface area (Å²) in [5, 5.41) is 1.73. The van der Waals surface area contributed by atoms with Gasteiger partial charge in [-0.1, -0.05) is 17.7 Å². The Morgan fingerprint density at radius 3 is 2.47 bits per heavy atom. The number of nitrogens with zero attached hydrogens (tertiary/aromatic N) is 2. The molecule has 38 heavy (non-hydrogen) atoms. The van der Waals surface area contributed by atoms with E-state index in [0.29, 0.717) is 6.07 Å². The third kappa shape index (κ3) is 6.72. The predicted octanol–water partition coefficient (Wildman–Crippen LogP) is 5.07. The van der Waals surface area contributed by atoms with Crippen LogP contribution < -0.4 is 15.8 Å². The third-order valence-corrected chi connectivity index (χ3v) is 6.73. The van der Waals surface area contributed by atoms with Crippen LogP contribution >= 0.6 is 11.6 Å². The molecule has 8 nitrogen and oxygen atoms in total. The Morgan fingerprint density at radius 1 is 1.18 bits per heavy atom. The van der Waals surface area contributed by atoms with E-state index in [9.17, 15) is 31.7 Å². The summed E-state index contributed by atoms with van der Waals surface area (Å²) in [5.74, 6) is -2.92. The number of ether oxygens (including phenoxy) is 1. The van der Waals surface area contributed by atoms with Crippen LogP contribution in [0.2, 0.25) is 5.02 Å². The van der Waals surface area contributed by atoms with Gasteiger partial charge in [0.15, 0.2) is 4.90 Å². The standard InChI is InChI=1S/C24H21ClF4N4O4S/c1-12(30)23(35)33(3)38(36)15-6-4-5-14(9-15)32-22(34)16-10-18(25)17(24(27,28)29)11-20(16)37-19-7-8-21(26)31-13(19)2/h4-12H,30H2,1-3H3,(H,32,34)/t12-,38-/m1/s1. The molecule has 1 aromatic heterocycles. The van der Waals surface area contributed by atoms with Crippen molar-refractivity contribution in [3.8, 4) is 11.5 Å². The lowest BCUT2D eigenvalue weighted by molar-refractivity contribution is -0.137. The fraction of sp³-hybridized carbons (Fsp3) is 0.208. The molecule has 0 saturated heterocycles. The number of halogens is 5. The van der Waals surface area contributed by atoms with Crippen LogP contribution in [-0.4, -0.2) is 38.7 Å². The van der Waals surface area contributed by atoms with Crippen molar-refractivity contribution < 1.29 is 36.4 Å². The lowest BCUT2D eigenvalue weighted by Crippen LogP contribution is -2.42. The quantitative estimate of drug-likeness (QED) is 0.232. The molecule has 0 aliphatic heterocycles. The summed E-state index contributed by atoms with van der Waals surface area (Å²) >= 11 is 3.88. The third-order valence-electron chi connectivity index (χ3n) is 5.08. The maximum Gasteiger partial charge on any atom is 0.417 e. The molecule has 0 radical (unpaired) electrons. The Hall–Kier alpha value is -3.39. The smallest absolute Gasteiger partial charge is 0.417 e. The Labute approximate surface area is 223 Å². The zero-order valence-electron chi connectivity index (χ0n) is 20.1. The minimum atomic E-state index is -4.86. The summed E-state index contributed by atoms with van der Waals surface area (Å²) in [6.45, 7) is 2.81. The molecular weight excluding hydrogens is 552 g/mol. The van der Waals surface area contributed by atoms with Gasteiger partial charge in [-0.3, -0.25) is 9.59 Å². The van der Waals surface area contributed by atoms with Gasteiger partial charge >= 0.3 is 6.18 Å². The summed E-state index contributed by atoms with van der Waals surface area (Å²) in [5.41, 5.74) is 4.07. The number of aromatic nitrogens is 1. The summed E-state index contributed by atoms with van der Waals surface area (Å²) < 4.78 is 73.1. The zero-order valence-corrected chi connectivity index (χ0v) is 21.7. The molecule has 2 atom stereocenters. The van der Waals surface area contributed by atoms with Gasteiger partial charge in [-0.2, -0.15) is 21.9 Å². The Morgan fingerprint density at radius 2 is 1.87 bits per heavy atom. The van der Waals surface area contributed by atoms with E-state index < -0.39 is 57.7 Å². The lowest BCUT2D eigenvalue weighted by atomic mass is 10.1. The maximum absolute atomic E-state index is 13.5. The zero-order chi connectivity index (χ0) is 28.4. The predicted molar refractivity (Wildman–Crippen MR) is 133 cm³/mol. The van der Waals surface area contributed by atoms with Crippen molar-refractivity contribution in [1.29, 1.82) is 0 Å². The molecule has 0 unspecified atom stereocenters. The minimum absolute atomic E-state index is 0.0283. The first-order chi connectivity index (χ1) is 17.7. The number of anilines is 1. The second-order valence-electron chi connectivity index (χ2n) is 8.00. The highest BCUT2D eigenvalue weighted by molar-refractivity contribution is 7.89. The molecule has 0 saturated carbocycles. The Bertz CT molecular complexity index is 1370. The molecule has 202 valence electrons. The maximum atomic E-state index is 13.5. The molecule has 3 N–H and O–H groups in total. The van der Waals surface area contributed by atoms with E-state index in [2.05, 4.69) is 10.3 Å². The van der Waals surface area contributed by atoms with Gasteiger partial charge in [-0.05, 0) is 50.2 Å². The number of nitrogens with two attached hydrogens (primary N) is 1. The number of benzene rings is 2. The van der Waals surface area contributed by atoms with Crippen LogP contribution in [0.3, 0.4) is 0 Å². The lowest BCUT2D eigenvalue weighted by Gasteiger charge is -2.21. The minimum Gasteiger partial charge on any atom is -0.588 e. The highest BCUT2D eigenvalue weighted by atomic mass is 35.5. The van der Waals surface area contributed by atoms with E-state index in [0.717, 1.165) is 22.5 Å². The van der Waals surface area contributed by atoms with Crippen molar-refractivity contribution in [2.75, 3.05) is 12.4 Å². The van der Waals surface area contributed by atoms with Crippen LogP contribution in [0.4, 0.5) is 23.2 Å². The average Bonchev–Trinajstić information content (AvgIpc) is 2.84. The van der Waals surface area contributed by atoms with Crippen molar-refractivity contribution in [2.24, 2.45) is 5.73 Å². The molecule has 3 rings (SSSR count). The SMILES string of the molecule is Cc1nc(F)ccc1Oc1cc(C(F)(F)F)c(Cl)cc1C(=O)Nc1cccc([S@@+]([O-])N(C)C(=O)[C@@H](C)N)c1. The molecule has 0 aliphatic carbocycles. The van der Waals surface area contributed by atoms with Gasteiger partial charge in [0.25, 0.3) is 11.8 Å². The van der Waals surface area contributed by atoms with Crippen molar-refractivity contribution in [3.05, 3.63) is 76.3 Å². The van der Waals surface area contributed by atoms with Gasteiger partial charge in [0, 0.05) is 11.8 Å². The molecule has 2 aromatic carbocycles. The molecule has 0 bridgehead atoms. The molecule has 2 amide bonds. The van der Waals surface area contributed by atoms with Crippen molar-refractivity contribution in [3.63, 3.8) is 0 Å². The molecule has 0 fully saturated rings. The van der Waals surface area contributed by atoms with Gasteiger partial charge in [0.2, 0.25) is 5.95 Å². The topological polar surface area (TPSA) is 121 Å². The van der Waals surface area contributed by atoms with E-state index >= 15 is 0 Å². The number of aryl methyl sites for hydroxylation is 1. The molecule has 0 spiro atoms. The summed E-state index contributed by atoms with van der Waals surface area (Å²) in [4.78, 5) is 28.9. The first kappa shape index (κ1) is 29.2. The molecule has 3 aromatic rings. The number of carbonyl (C=O) groups excluding carboxylic acids is 2. The molecular formula is C24H21ClF4N4O4S. The Kier molecular flexibility index (Phi) is 8.87. The summed E-state index contributed by atoms with van der Waals surface area (Å²) in [6.07, 6.45) is -4.86. The first-order valence-corrected chi connectivity index (χ1v) is 12.3. The van der Waals surface area contributed by atoms with Crippen LogP contribution in [0.5, 0.6) is 11.5 Å². The summed E-state index contributed by atoms with van der Waals surface area (Å²) in [6, 6.07) is 8.21. The van der Waals surface area contributed by atoms with Crippen LogP contribution in [0.15, 0.2) is 53.4 Å². The molecule has 1 heterocycles. The van der Waals surface area contributed by atoms with E-state index in [1.165, 1.54) is 45.2 Å². The van der Waals surface area contributed by atoms with E-state index in [1.54, 1.807) is 0 Å². The van der Waals surface area contributed by atoms with Crippen LogP contribution in [0.1, 0.15) is 28.5 Å². The number of alkyl halides is 3. The van der Waals surface area contributed by atoms with Crippen LogP contribution in [-0.2, 0) is 22.3 Å². The van der Waals surface area contributed by atoms with Gasteiger partial charge in [0.05, 0.1) is 34.9 Å². The Balaban J connectivity index is 1.97. The first-order valence-electron chi connectivity index (χ1n) is 10.8. The summed E-state index contributed by atoms with van der Waals surface area (Å²) in [7, 11) is 1.30. The van der Waals surface area contributed by atoms with Gasteiger partial charge in [0.1, 0.15) is 22.9 Å². The van der Waals surface area contributed by atoms with Gasteiger partial charge in [-0.25, -0.2) is 4.98 Å². The van der Waals surface area contributed by atoms with E-state index in [1.807, 2.05) is 0 Å². The number of carbonyl (C=O) groups is 2. The largest absolute Gasteiger partial charge is 0.588 e. The highest BCUT2D eigenvalue weighted by Crippen LogP contribution is 2.40. The fourth-order valence-corrected chi connectivity index (χ4v) is 4.52. The highest BCUT2D eigenvalue weighted by Gasteiger charge is 2.35. The fourth-order valence-electron chi connectivity index (χ4n) is 3.18. The van der Waals surface area contributed by atoms with Crippen molar-refractivity contribution >= 4 is 40.5 Å². The number of nitrogens with one attached hydrogen (secondary N) is 1. The normalized spacial score (nSPS) is 13.0. The van der Waals surface area contributed by atoms with E-state index in [-0.39, 0.29) is 27.6 Å². The van der Waals surface area contributed by atoms with Gasteiger partial charge in [-0.15, -0.1) is 0 Å². The van der Waals surface area contributed by atoms with E-state index in [4.69, 9.17) is 22.1 Å². The average molecular weight is 573 g/mol. The number of likely N-dealkylation sites (N-methyl/N-ethyl adjacent to an activating group) is 1. The molecule has 14 heteroatoms. The number of amides is 2. The van der Waals surface area contributed by atoms with Crippen molar-refractivity contribution in [1.82, 2.24) is 9.29 Å². The number of hydrogen-bond donors (Lipinski definition) is 2. The monoisotopic (exact) mass is 572 g/mol. The second-order valence-corrected chi connectivity index (χ2v) is 9.93. The van der Waals surface area contributed by atoms with Crippen LogP contribution in [0, 0.1) is 12.9 Å². The van der Waals surface area contributed by atoms with Crippen molar-refractivity contribution in [2.45, 2.75) is 31.0 Å². The molecule has 0 aliphatic rings.